The first-order valence-electron chi connectivity index (χ1n) is 5.85. The van der Waals surface area contributed by atoms with Crippen LogP contribution < -0.4 is 0 Å². The summed E-state index contributed by atoms with van der Waals surface area (Å²) in [5.41, 5.74) is 1.38. The Hall–Kier alpha value is -0.500. The van der Waals surface area contributed by atoms with Crippen molar-refractivity contribution in [3.05, 3.63) is 11.8 Å². The lowest BCUT2D eigenvalue weighted by molar-refractivity contribution is 0.0343. The normalized spacial score (nSPS) is 23.0. The molecule has 0 spiro atoms. The minimum atomic E-state index is 0.585. The molecule has 0 saturated heterocycles. The SMILES string of the molecule is CCCCCCN1C(C)C=C(C)N1C. The smallest absolute Gasteiger partial charge is 0.0464 e. The van der Waals surface area contributed by atoms with Crippen LogP contribution in [0.15, 0.2) is 11.8 Å². The second-order valence-corrected chi connectivity index (χ2v) is 4.30. The number of hydrogen-bond acceptors (Lipinski definition) is 2. The third kappa shape index (κ3) is 2.74. The zero-order valence-electron chi connectivity index (χ0n) is 10.1. The van der Waals surface area contributed by atoms with Gasteiger partial charge in [-0.2, -0.15) is 0 Å². The van der Waals surface area contributed by atoms with Gasteiger partial charge in [0, 0.05) is 25.3 Å². The number of rotatable bonds is 5. The van der Waals surface area contributed by atoms with Gasteiger partial charge in [-0.05, 0) is 26.3 Å². The van der Waals surface area contributed by atoms with E-state index in [9.17, 15) is 0 Å². The molecular weight excluding hydrogens is 172 g/mol. The van der Waals surface area contributed by atoms with Gasteiger partial charge in [-0.1, -0.05) is 26.2 Å². The summed E-state index contributed by atoms with van der Waals surface area (Å²) in [5.74, 6) is 0. The Morgan fingerprint density at radius 3 is 2.50 bits per heavy atom. The fraction of sp³-hybridized carbons (Fsp3) is 0.833. The first-order chi connectivity index (χ1) is 6.66. The number of allylic oxidation sites excluding steroid dienone is 1. The van der Waals surface area contributed by atoms with E-state index in [0.29, 0.717) is 6.04 Å². The number of hydrazine groups is 1. The highest BCUT2D eigenvalue weighted by Crippen LogP contribution is 2.20. The lowest BCUT2D eigenvalue weighted by Gasteiger charge is -2.30. The van der Waals surface area contributed by atoms with Crippen molar-refractivity contribution in [1.82, 2.24) is 10.0 Å². The van der Waals surface area contributed by atoms with Gasteiger partial charge in [0.05, 0.1) is 0 Å². The third-order valence-electron chi connectivity index (χ3n) is 3.09. The molecule has 0 aromatic rings. The van der Waals surface area contributed by atoms with Crippen LogP contribution in [0.3, 0.4) is 0 Å². The quantitative estimate of drug-likeness (QED) is 0.624. The monoisotopic (exact) mass is 196 g/mol. The summed E-state index contributed by atoms with van der Waals surface area (Å²) >= 11 is 0. The topological polar surface area (TPSA) is 6.48 Å². The third-order valence-corrected chi connectivity index (χ3v) is 3.09. The molecular formula is C12H24N2. The molecule has 0 saturated carbocycles. The van der Waals surface area contributed by atoms with Gasteiger partial charge in [-0.3, -0.25) is 0 Å². The standard InChI is InChI=1S/C12H24N2/c1-5-6-7-8-9-14-12(3)10-11(2)13(14)4/h10,12H,5-9H2,1-4H3. The van der Waals surface area contributed by atoms with Crippen molar-refractivity contribution in [3.8, 4) is 0 Å². The summed E-state index contributed by atoms with van der Waals surface area (Å²) in [6.07, 6.45) is 7.72. The van der Waals surface area contributed by atoms with Gasteiger partial charge in [-0.15, -0.1) is 0 Å². The molecule has 1 aliphatic heterocycles. The molecule has 2 heteroatoms. The predicted molar refractivity (Wildman–Crippen MR) is 61.8 cm³/mol. The molecule has 2 nitrogen and oxygen atoms in total. The van der Waals surface area contributed by atoms with E-state index in [4.69, 9.17) is 0 Å². The van der Waals surface area contributed by atoms with E-state index in [1.54, 1.807) is 0 Å². The van der Waals surface area contributed by atoms with Crippen molar-refractivity contribution in [2.24, 2.45) is 0 Å². The fourth-order valence-electron chi connectivity index (χ4n) is 2.07. The van der Waals surface area contributed by atoms with Crippen LogP contribution >= 0.6 is 0 Å². The summed E-state index contributed by atoms with van der Waals surface area (Å²) < 4.78 is 0. The second-order valence-electron chi connectivity index (χ2n) is 4.30. The Kier molecular flexibility index (Phi) is 4.46. The Morgan fingerprint density at radius 2 is 2.00 bits per heavy atom. The van der Waals surface area contributed by atoms with Crippen molar-refractivity contribution < 1.29 is 0 Å². The molecule has 1 aliphatic rings. The summed E-state index contributed by atoms with van der Waals surface area (Å²) in [5, 5.41) is 4.74. The highest BCUT2D eigenvalue weighted by molar-refractivity contribution is 5.07. The molecule has 0 fully saturated rings. The van der Waals surface area contributed by atoms with Gasteiger partial charge >= 0.3 is 0 Å². The average Bonchev–Trinajstić information content (AvgIpc) is 2.38. The molecule has 1 unspecified atom stereocenters. The van der Waals surface area contributed by atoms with E-state index in [2.05, 4.69) is 43.9 Å². The van der Waals surface area contributed by atoms with Crippen molar-refractivity contribution >= 4 is 0 Å². The van der Waals surface area contributed by atoms with Crippen LogP contribution in [-0.2, 0) is 0 Å². The Labute approximate surface area is 88.5 Å². The maximum atomic E-state index is 2.45. The molecule has 0 radical (unpaired) electrons. The van der Waals surface area contributed by atoms with E-state index >= 15 is 0 Å². The molecule has 0 aromatic heterocycles. The highest BCUT2D eigenvalue weighted by Gasteiger charge is 2.22. The summed E-state index contributed by atoms with van der Waals surface area (Å²) in [6, 6.07) is 0.585. The average molecular weight is 196 g/mol. The maximum Gasteiger partial charge on any atom is 0.0464 e. The zero-order chi connectivity index (χ0) is 10.6. The molecule has 1 atom stereocenters. The molecule has 1 heterocycles. The molecule has 82 valence electrons. The van der Waals surface area contributed by atoms with Gasteiger partial charge in [0.2, 0.25) is 0 Å². The molecule has 0 N–H and O–H groups in total. The molecule has 14 heavy (non-hydrogen) atoms. The lowest BCUT2D eigenvalue weighted by atomic mass is 10.2. The largest absolute Gasteiger partial charge is 0.313 e. The zero-order valence-corrected chi connectivity index (χ0v) is 10.1. The first-order valence-corrected chi connectivity index (χ1v) is 5.85. The number of hydrogen-bond donors (Lipinski definition) is 0. The minimum absolute atomic E-state index is 0.585. The van der Waals surface area contributed by atoms with E-state index in [1.165, 1.54) is 37.9 Å². The van der Waals surface area contributed by atoms with E-state index in [-0.39, 0.29) is 0 Å². The second kappa shape index (κ2) is 5.40. The maximum absolute atomic E-state index is 2.45. The van der Waals surface area contributed by atoms with Gasteiger partial charge < -0.3 is 5.01 Å². The van der Waals surface area contributed by atoms with Crippen LogP contribution in [0, 0.1) is 0 Å². The summed E-state index contributed by atoms with van der Waals surface area (Å²) in [6.45, 7) is 7.91. The van der Waals surface area contributed by atoms with Crippen molar-refractivity contribution in [1.29, 1.82) is 0 Å². The molecule has 0 aromatic carbocycles. The van der Waals surface area contributed by atoms with Gasteiger partial charge in [-0.25, -0.2) is 5.01 Å². The number of unbranched alkanes of at least 4 members (excludes halogenated alkanes) is 3. The van der Waals surface area contributed by atoms with Crippen LogP contribution in [0.1, 0.15) is 46.5 Å². The summed E-state index contributed by atoms with van der Waals surface area (Å²) in [7, 11) is 2.16. The van der Waals surface area contributed by atoms with Gasteiger partial charge in [0.25, 0.3) is 0 Å². The highest BCUT2D eigenvalue weighted by atomic mass is 15.6. The van der Waals surface area contributed by atoms with Crippen molar-refractivity contribution in [2.75, 3.05) is 13.6 Å². The van der Waals surface area contributed by atoms with Gasteiger partial charge in [0.1, 0.15) is 0 Å². The molecule has 0 bridgehead atoms. The predicted octanol–water partition coefficient (Wildman–Crippen LogP) is 3.02. The van der Waals surface area contributed by atoms with Crippen LogP contribution in [0.2, 0.25) is 0 Å². The Bertz CT molecular complexity index is 198. The van der Waals surface area contributed by atoms with Crippen LogP contribution in [0.25, 0.3) is 0 Å². The molecule has 1 rings (SSSR count). The van der Waals surface area contributed by atoms with Crippen LogP contribution in [0.4, 0.5) is 0 Å². The van der Waals surface area contributed by atoms with E-state index in [1.807, 2.05) is 0 Å². The van der Waals surface area contributed by atoms with Crippen LogP contribution in [0.5, 0.6) is 0 Å². The molecule has 0 aliphatic carbocycles. The van der Waals surface area contributed by atoms with Crippen molar-refractivity contribution in [2.45, 2.75) is 52.5 Å². The summed E-state index contributed by atoms with van der Waals surface area (Å²) in [4.78, 5) is 0. The Morgan fingerprint density at radius 1 is 1.29 bits per heavy atom. The minimum Gasteiger partial charge on any atom is -0.313 e. The van der Waals surface area contributed by atoms with E-state index < -0.39 is 0 Å². The lowest BCUT2D eigenvalue weighted by Crippen LogP contribution is -2.39. The fourth-order valence-corrected chi connectivity index (χ4v) is 2.07. The Balaban J connectivity index is 2.25. The van der Waals surface area contributed by atoms with Gasteiger partial charge in [0.15, 0.2) is 0 Å². The van der Waals surface area contributed by atoms with E-state index in [0.717, 1.165) is 0 Å². The molecule has 0 amide bonds. The van der Waals surface area contributed by atoms with Crippen LogP contribution in [-0.4, -0.2) is 29.7 Å². The number of nitrogens with zero attached hydrogens (tertiary/aromatic N) is 2. The van der Waals surface area contributed by atoms with Crippen molar-refractivity contribution in [3.63, 3.8) is 0 Å². The first kappa shape index (κ1) is 11.6.